The van der Waals surface area contributed by atoms with E-state index in [2.05, 4.69) is 50.7 Å². The lowest BCUT2D eigenvalue weighted by Gasteiger charge is -2.32. The van der Waals surface area contributed by atoms with Crippen LogP contribution in [0.15, 0.2) is 65.8 Å². The summed E-state index contributed by atoms with van der Waals surface area (Å²) in [5, 5.41) is 14.5. The first-order valence-electron chi connectivity index (χ1n) is 13.1. The minimum Gasteiger partial charge on any atom is -0.487 e. The number of piperidine rings is 1. The maximum atomic E-state index is 5.95. The van der Waals surface area contributed by atoms with Crippen LogP contribution < -0.4 is 4.74 Å². The number of imidazole rings is 1. The van der Waals surface area contributed by atoms with E-state index >= 15 is 0 Å². The highest BCUT2D eigenvalue weighted by Crippen LogP contribution is 2.31. The molecular formula is C27H35N9OS. The number of aliphatic imine (C=N–C) groups is 1. The van der Waals surface area contributed by atoms with E-state index in [4.69, 9.17) is 14.7 Å². The average molecular weight is 534 g/mol. The van der Waals surface area contributed by atoms with Gasteiger partial charge in [-0.3, -0.25) is 4.99 Å². The molecule has 4 aromatic rings. The maximum absolute atomic E-state index is 5.95. The third kappa shape index (κ3) is 6.91. The molecule has 0 aliphatic carbocycles. The predicted molar refractivity (Wildman–Crippen MR) is 151 cm³/mol. The summed E-state index contributed by atoms with van der Waals surface area (Å²) >= 11 is 1.73. The number of hydrogen-bond donors (Lipinski definition) is 0. The molecule has 0 saturated carbocycles. The zero-order valence-electron chi connectivity index (χ0n) is 22.4. The molecule has 0 unspecified atom stereocenters. The molecule has 200 valence electrons. The van der Waals surface area contributed by atoms with Crippen LogP contribution in [0.4, 0.5) is 0 Å². The molecule has 0 bridgehead atoms. The lowest BCUT2D eigenvalue weighted by Crippen LogP contribution is -2.37. The van der Waals surface area contributed by atoms with Crippen molar-refractivity contribution in [1.82, 2.24) is 39.6 Å². The fraction of sp³-hybridized carbons (Fsp3) is 0.407. The smallest absolute Gasteiger partial charge is 0.143 e. The van der Waals surface area contributed by atoms with E-state index in [9.17, 15) is 0 Å². The molecule has 0 N–H and O–H groups in total. The highest BCUT2D eigenvalue weighted by atomic mass is 32.1. The Bertz CT molecular complexity index is 1290. The zero-order chi connectivity index (χ0) is 26.7. The summed E-state index contributed by atoms with van der Waals surface area (Å²) in [4.78, 5) is 16.2. The SMILES string of the molecule is CC.CCN=C(/C=C(\C)n1ccnc1)N1CCC(c2nc(COc3ccc(-n4cnnn4)cc3)cs2)CC1. The molecule has 4 heterocycles. The predicted octanol–water partition coefficient (Wildman–Crippen LogP) is 5.08. The Morgan fingerprint density at radius 1 is 1.16 bits per heavy atom. The molecule has 0 radical (unpaired) electrons. The van der Waals surface area contributed by atoms with Crippen LogP contribution in [-0.4, -0.2) is 65.1 Å². The first-order chi connectivity index (χ1) is 18.7. The second-order valence-corrected chi connectivity index (χ2v) is 9.45. The van der Waals surface area contributed by atoms with Crippen LogP contribution in [0.25, 0.3) is 11.4 Å². The average Bonchev–Trinajstić information content (AvgIpc) is 3.77. The van der Waals surface area contributed by atoms with Gasteiger partial charge in [-0.2, -0.15) is 0 Å². The molecule has 0 atom stereocenters. The summed E-state index contributed by atoms with van der Waals surface area (Å²) in [5.74, 6) is 2.30. The minimum absolute atomic E-state index is 0.450. The van der Waals surface area contributed by atoms with Gasteiger partial charge >= 0.3 is 0 Å². The topological polar surface area (TPSA) is 99.1 Å². The molecule has 1 saturated heterocycles. The number of thiazole rings is 1. The van der Waals surface area contributed by atoms with Crippen molar-refractivity contribution in [1.29, 1.82) is 0 Å². The van der Waals surface area contributed by atoms with E-state index in [1.54, 1.807) is 28.5 Å². The standard InChI is InChI=1S/C25H29N9OS.C2H6/c1-3-27-24(14-19(2)33-13-10-26-17-33)32-11-8-20(9-12-32)25-29-21(16-36-25)15-35-23-6-4-22(5-7-23)34-18-28-30-31-34;1-2/h4-7,10,13-14,16-18,20H,3,8-9,11-12,15H2,1-2H3;1-2H3/b19-14+,27-24?;. The molecule has 1 aromatic carbocycles. The van der Waals surface area contributed by atoms with Gasteiger partial charge in [0.05, 0.1) is 22.7 Å². The molecule has 0 amide bonds. The largest absolute Gasteiger partial charge is 0.487 e. The van der Waals surface area contributed by atoms with Crippen molar-refractivity contribution in [3.63, 3.8) is 0 Å². The van der Waals surface area contributed by atoms with Crippen molar-refractivity contribution in [2.24, 2.45) is 4.99 Å². The van der Waals surface area contributed by atoms with Crippen LogP contribution in [0.1, 0.15) is 57.2 Å². The minimum atomic E-state index is 0.450. The first kappa shape index (κ1) is 27.2. The van der Waals surface area contributed by atoms with Gasteiger partial charge in [0.15, 0.2) is 0 Å². The van der Waals surface area contributed by atoms with Gasteiger partial charge in [-0.1, -0.05) is 13.8 Å². The van der Waals surface area contributed by atoms with Crippen molar-refractivity contribution < 1.29 is 4.74 Å². The van der Waals surface area contributed by atoms with Gasteiger partial charge in [-0.25, -0.2) is 14.6 Å². The third-order valence-electron chi connectivity index (χ3n) is 6.14. The van der Waals surface area contributed by atoms with Gasteiger partial charge in [0, 0.05) is 49.0 Å². The molecular weight excluding hydrogens is 498 g/mol. The summed E-state index contributed by atoms with van der Waals surface area (Å²) < 4.78 is 9.58. The summed E-state index contributed by atoms with van der Waals surface area (Å²) in [7, 11) is 0. The highest BCUT2D eigenvalue weighted by molar-refractivity contribution is 7.09. The fourth-order valence-electron chi connectivity index (χ4n) is 4.19. The normalized spacial score (nSPS) is 14.8. The number of rotatable bonds is 8. The number of hydrogen-bond acceptors (Lipinski definition) is 8. The van der Waals surface area contributed by atoms with Crippen LogP contribution in [0.2, 0.25) is 0 Å². The molecule has 38 heavy (non-hydrogen) atoms. The van der Waals surface area contributed by atoms with Crippen molar-refractivity contribution in [2.75, 3.05) is 19.6 Å². The van der Waals surface area contributed by atoms with E-state index in [0.717, 1.165) is 61.1 Å². The molecule has 1 aliphatic rings. The Morgan fingerprint density at radius 3 is 2.61 bits per heavy atom. The number of ether oxygens (including phenoxy) is 1. The van der Waals surface area contributed by atoms with Crippen molar-refractivity contribution in [2.45, 2.75) is 53.1 Å². The van der Waals surface area contributed by atoms with Crippen molar-refractivity contribution in [3.8, 4) is 11.4 Å². The Labute approximate surface area is 227 Å². The summed E-state index contributed by atoms with van der Waals surface area (Å²) in [6.07, 6.45) is 11.4. The first-order valence-corrected chi connectivity index (χ1v) is 13.9. The number of allylic oxidation sites excluding steroid dienone is 1. The van der Waals surface area contributed by atoms with Gasteiger partial charge in [-0.05, 0) is 67.5 Å². The number of amidine groups is 1. The zero-order valence-corrected chi connectivity index (χ0v) is 23.3. The van der Waals surface area contributed by atoms with Crippen LogP contribution in [0.5, 0.6) is 5.75 Å². The van der Waals surface area contributed by atoms with Gasteiger partial charge in [0.2, 0.25) is 0 Å². The fourth-order valence-corrected chi connectivity index (χ4v) is 5.17. The molecule has 0 spiro atoms. The van der Waals surface area contributed by atoms with E-state index in [-0.39, 0.29) is 0 Å². The molecule has 11 heteroatoms. The van der Waals surface area contributed by atoms with E-state index < -0.39 is 0 Å². The van der Waals surface area contributed by atoms with Crippen molar-refractivity contribution >= 4 is 22.9 Å². The highest BCUT2D eigenvalue weighted by Gasteiger charge is 2.24. The Hall–Kier alpha value is -3.86. The lowest BCUT2D eigenvalue weighted by molar-refractivity contribution is 0.298. The Kier molecular flexibility index (Phi) is 9.74. The lowest BCUT2D eigenvalue weighted by atomic mass is 9.97. The molecule has 1 fully saturated rings. The summed E-state index contributed by atoms with van der Waals surface area (Å²) in [5.41, 5.74) is 2.96. The van der Waals surface area contributed by atoms with E-state index in [1.165, 1.54) is 5.01 Å². The van der Waals surface area contributed by atoms with Crippen LogP contribution in [-0.2, 0) is 6.61 Å². The quantitative estimate of drug-likeness (QED) is 0.230. The number of nitrogens with zero attached hydrogens (tertiary/aromatic N) is 9. The summed E-state index contributed by atoms with van der Waals surface area (Å²) in [6.45, 7) is 11.3. The number of aromatic nitrogens is 7. The Morgan fingerprint density at radius 2 is 1.95 bits per heavy atom. The van der Waals surface area contributed by atoms with Crippen LogP contribution in [0.3, 0.4) is 0 Å². The van der Waals surface area contributed by atoms with Gasteiger partial charge in [0.25, 0.3) is 0 Å². The van der Waals surface area contributed by atoms with Crippen LogP contribution in [0, 0.1) is 0 Å². The Balaban J connectivity index is 0.00000164. The molecule has 5 rings (SSSR count). The van der Waals surface area contributed by atoms with E-state index in [0.29, 0.717) is 12.5 Å². The van der Waals surface area contributed by atoms with Gasteiger partial charge < -0.3 is 14.2 Å². The number of tetrazole rings is 1. The summed E-state index contributed by atoms with van der Waals surface area (Å²) in [6, 6.07) is 7.68. The molecule has 1 aliphatic heterocycles. The second kappa shape index (κ2) is 13.6. The molecule has 10 nitrogen and oxygen atoms in total. The number of likely N-dealkylation sites (tertiary alicyclic amines) is 1. The maximum Gasteiger partial charge on any atom is 0.143 e. The monoisotopic (exact) mass is 533 g/mol. The second-order valence-electron chi connectivity index (χ2n) is 8.56. The third-order valence-corrected chi connectivity index (χ3v) is 7.20. The van der Waals surface area contributed by atoms with Gasteiger partial charge in [0.1, 0.15) is 24.5 Å². The van der Waals surface area contributed by atoms with Gasteiger partial charge in [-0.15, -0.1) is 16.4 Å². The van der Waals surface area contributed by atoms with Crippen molar-refractivity contribution in [3.05, 3.63) is 71.5 Å². The van der Waals surface area contributed by atoms with Crippen LogP contribution >= 0.6 is 11.3 Å². The molecule has 3 aromatic heterocycles. The number of benzene rings is 1. The van der Waals surface area contributed by atoms with E-state index in [1.807, 2.05) is 55.2 Å².